The van der Waals surface area contributed by atoms with Gasteiger partial charge in [-0.25, -0.2) is 0 Å². The molecule has 0 unspecified atom stereocenters. The van der Waals surface area contributed by atoms with Crippen LogP contribution >= 0.6 is 0 Å². The average Bonchev–Trinajstić information content (AvgIpc) is 2.78. The van der Waals surface area contributed by atoms with Crippen molar-refractivity contribution < 1.29 is 0 Å². The minimum atomic E-state index is 0.879. The Balaban J connectivity index is 2.31. The van der Waals surface area contributed by atoms with Crippen LogP contribution in [0, 0.1) is 0 Å². The molecule has 15 heavy (non-hydrogen) atoms. The van der Waals surface area contributed by atoms with E-state index in [4.69, 9.17) is 0 Å². The van der Waals surface area contributed by atoms with Crippen molar-refractivity contribution in [1.29, 1.82) is 0 Å². The molecule has 0 amide bonds. The third kappa shape index (κ3) is 1.27. The summed E-state index contributed by atoms with van der Waals surface area (Å²) >= 11 is 0. The highest BCUT2D eigenvalue weighted by Crippen LogP contribution is 2.24. The SMILES string of the molecule is c1cc(-c2ccncc2)c2n[nH]nc2c1. The van der Waals surface area contributed by atoms with Crippen molar-refractivity contribution in [3.63, 3.8) is 0 Å². The number of rotatable bonds is 1. The number of aromatic amines is 1. The molecule has 72 valence electrons. The van der Waals surface area contributed by atoms with E-state index in [1.54, 1.807) is 12.4 Å². The van der Waals surface area contributed by atoms with Crippen molar-refractivity contribution in [3.05, 3.63) is 42.7 Å². The van der Waals surface area contributed by atoms with E-state index in [2.05, 4.69) is 20.4 Å². The number of para-hydroxylation sites is 1. The maximum absolute atomic E-state index is 4.14. The number of H-pyrrole nitrogens is 1. The fraction of sp³-hybridized carbons (Fsp3) is 0. The number of aromatic nitrogens is 4. The van der Waals surface area contributed by atoms with Crippen LogP contribution in [0.25, 0.3) is 22.2 Å². The van der Waals surface area contributed by atoms with E-state index in [9.17, 15) is 0 Å². The Bertz CT molecular complexity index is 586. The van der Waals surface area contributed by atoms with Crippen molar-refractivity contribution in [2.75, 3.05) is 0 Å². The van der Waals surface area contributed by atoms with E-state index in [1.807, 2.05) is 30.3 Å². The molecule has 0 aliphatic heterocycles. The number of hydrogen-bond acceptors (Lipinski definition) is 3. The van der Waals surface area contributed by atoms with Gasteiger partial charge < -0.3 is 0 Å². The smallest absolute Gasteiger partial charge is 0.120 e. The van der Waals surface area contributed by atoms with Crippen molar-refractivity contribution in [2.24, 2.45) is 0 Å². The minimum absolute atomic E-state index is 0.879. The molecule has 1 aromatic carbocycles. The van der Waals surface area contributed by atoms with Gasteiger partial charge >= 0.3 is 0 Å². The van der Waals surface area contributed by atoms with Crippen LogP contribution in [0.1, 0.15) is 0 Å². The zero-order chi connectivity index (χ0) is 10.1. The highest BCUT2D eigenvalue weighted by molar-refractivity contribution is 5.90. The Hall–Kier alpha value is -2.23. The third-order valence-electron chi connectivity index (χ3n) is 2.34. The van der Waals surface area contributed by atoms with E-state index < -0.39 is 0 Å². The first-order valence-corrected chi connectivity index (χ1v) is 4.65. The van der Waals surface area contributed by atoms with Gasteiger partial charge in [0.1, 0.15) is 11.0 Å². The second-order valence-electron chi connectivity index (χ2n) is 3.23. The maximum atomic E-state index is 4.14. The lowest BCUT2D eigenvalue weighted by atomic mass is 10.1. The summed E-state index contributed by atoms with van der Waals surface area (Å²) in [6.07, 6.45) is 3.54. The number of fused-ring (bicyclic) bond motifs is 1. The van der Waals surface area contributed by atoms with Gasteiger partial charge in [-0.1, -0.05) is 12.1 Å². The van der Waals surface area contributed by atoms with Gasteiger partial charge in [0, 0.05) is 18.0 Å². The molecule has 0 fully saturated rings. The molecule has 4 heteroatoms. The van der Waals surface area contributed by atoms with E-state index in [0.29, 0.717) is 0 Å². The Kier molecular flexibility index (Phi) is 1.71. The topological polar surface area (TPSA) is 54.5 Å². The molecule has 0 spiro atoms. The van der Waals surface area contributed by atoms with E-state index >= 15 is 0 Å². The summed E-state index contributed by atoms with van der Waals surface area (Å²) in [5.74, 6) is 0. The molecule has 4 nitrogen and oxygen atoms in total. The minimum Gasteiger partial charge on any atom is -0.265 e. The van der Waals surface area contributed by atoms with Crippen LogP contribution in [0.4, 0.5) is 0 Å². The number of nitrogens with one attached hydrogen (secondary N) is 1. The molecular weight excluding hydrogens is 188 g/mol. The quantitative estimate of drug-likeness (QED) is 0.647. The van der Waals surface area contributed by atoms with Gasteiger partial charge in [-0.2, -0.15) is 15.4 Å². The highest BCUT2D eigenvalue weighted by Gasteiger charge is 2.05. The first-order chi connectivity index (χ1) is 7.45. The predicted molar refractivity (Wildman–Crippen MR) is 57.1 cm³/mol. The number of benzene rings is 1. The molecule has 1 N–H and O–H groups in total. The lowest BCUT2D eigenvalue weighted by Crippen LogP contribution is -1.80. The zero-order valence-corrected chi connectivity index (χ0v) is 7.88. The van der Waals surface area contributed by atoms with E-state index in [1.165, 1.54) is 0 Å². The predicted octanol–water partition coefficient (Wildman–Crippen LogP) is 2.02. The van der Waals surface area contributed by atoms with Gasteiger partial charge in [-0.15, -0.1) is 0 Å². The lowest BCUT2D eigenvalue weighted by molar-refractivity contribution is 0.959. The second kappa shape index (κ2) is 3.16. The zero-order valence-electron chi connectivity index (χ0n) is 7.88. The first-order valence-electron chi connectivity index (χ1n) is 4.65. The number of nitrogens with zero attached hydrogens (tertiary/aromatic N) is 3. The molecule has 0 aliphatic carbocycles. The van der Waals surface area contributed by atoms with Crippen molar-refractivity contribution >= 4 is 11.0 Å². The van der Waals surface area contributed by atoms with E-state index in [-0.39, 0.29) is 0 Å². The van der Waals surface area contributed by atoms with Gasteiger partial charge in [0.25, 0.3) is 0 Å². The molecule has 0 atom stereocenters. The summed E-state index contributed by atoms with van der Waals surface area (Å²) in [4.78, 5) is 3.99. The molecule has 2 aromatic heterocycles. The van der Waals surface area contributed by atoms with Crippen molar-refractivity contribution in [2.45, 2.75) is 0 Å². The van der Waals surface area contributed by atoms with Crippen LogP contribution in [-0.4, -0.2) is 20.4 Å². The second-order valence-corrected chi connectivity index (χ2v) is 3.23. The molecule has 0 saturated carbocycles. The van der Waals surface area contributed by atoms with Gasteiger partial charge in [-0.05, 0) is 23.8 Å². The van der Waals surface area contributed by atoms with Gasteiger partial charge in [0.05, 0.1) is 0 Å². The van der Waals surface area contributed by atoms with Crippen LogP contribution in [0.15, 0.2) is 42.7 Å². The van der Waals surface area contributed by atoms with Crippen LogP contribution in [-0.2, 0) is 0 Å². The summed E-state index contributed by atoms with van der Waals surface area (Å²) < 4.78 is 0. The Labute approximate surface area is 86.0 Å². The standard InChI is InChI=1S/C11H8N4/c1-2-9(8-4-6-12-7-5-8)11-10(3-1)13-15-14-11/h1-7H,(H,13,14,15). The lowest BCUT2D eigenvalue weighted by Gasteiger charge is -2.00. The maximum Gasteiger partial charge on any atom is 0.120 e. The normalized spacial score (nSPS) is 10.7. The molecule has 2 heterocycles. The molecule has 3 aromatic rings. The van der Waals surface area contributed by atoms with Gasteiger partial charge in [0.15, 0.2) is 0 Å². The number of pyridine rings is 1. The van der Waals surface area contributed by atoms with Crippen LogP contribution < -0.4 is 0 Å². The molecule has 0 bridgehead atoms. The Morgan fingerprint density at radius 1 is 0.933 bits per heavy atom. The number of hydrogen-bond donors (Lipinski definition) is 1. The van der Waals surface area contributed by atoms with Crippen LogP contribution in [0.2, 0.25) is 0 Å². The van der Waals surface area contributed by atoms with Gasteiger partial charge in [0.2, 0.25) is 0 Å². The molecule has 0 radical (unpaired) electrons. The van der Waals surface area contributed by atoms with Gasteiger partial charge in [-0.3, -0.25) is 4.98 Å². The third-order valence-corrected chi connectivity index (χ3v) is 2.34. The van der Waals surface area contributed by atoms with Crippen molar-refractivity contribution in [1.82, 2.24) is 20.4 Å². The summed E-state index contributed by atoms with van der Waals surface area (Å²) in [7, 11) is 0. The highest BCUT2D eigenvalue weighted by atomic mass is 15.3. The molecule has 3 rings (SSSR count). The first kappa shape index (κ1) is 8.11. The van der Waals surface area contributed by atoms with Crippen LogP contribution in [0.5, 0.6) is 0 Å². The van der Waals surface area contributed by atoms with E-state index in [0.717, 1.165) is 22.2 Å². The molecule has 0 saturated heterocycles. The summed E-state index contributed by atoms with van der Waals surface area (Å²) in [6, 6.07) is 9.86. The van der Waals surface area contributed by atoms with Crippen molar-refractivity contribution in [3.8, 4) is 11.1 Å². The molecule has 0 aliphatic rings. The molecular formula is C11H8N4. The average molecular weight is 196 g/mol. The summed E-state index contributed by atoms with van der Waals surface area (Å²) in [6.45, 7) is 0. The fourth-order valence-electron chi connectivity index (χ4n) is 1.63. The monoisotopic (exact) mass is 196 g/mol. The summed E-state index contributed by atoms with van der Waals surface area (Å²) in [5.41, 5.74) is 3.95. The van der Waals surface area contributed by atoms with Crippen LogP contribution in [0.3, 0.4) is 0 Å². The largest absolute Gasteiger partial charge is 0.265 e. The summed E-state index contributed by atoms with van der Waals surface area (Å²) in [5, 5.41) is 10.8. The Morgan fingerprint density at radius 3 is 2.67 bits per heavy atom. The fourth-order valence-corrected chi connectivity index (χ4v) is 1.63. The Morgan fingerprint density at radius 2 is 1.80 bits per heavy atom.